The lowest BCUT2D eigenvalue weighted by atomic mass is 9.64. The van der Waals surface area contributed by atoms with Crippen molar-refractivity contribution in [2.75, 3.05) is 6.54 Å². The fraction of sp³-hybridized carbons (Fsp3) is 1.00. The third kappa shape index (κ3) is 5.85. The number of hydrogen-bond acceptors (Lipinski definition) is 1. The molecule has 0 spiro atoms. The van der Waals surface area contributed by atoms with Gasteiger partial charge < -0.3 is 5.73 Å². The second kappa shape index (κ2) is 8.29. The second-order valence-electron chi connectivity index (χ2n) is 7.83. The highest BCUT2D eigenvalue weighted by atomic mass is 14.6. The smallest absolute Gasteiger partial charge is 0.00462 e. The molecule has 1 aliphatic carbocycles. The van der Waals surface area contributed by atoms with E-state index in [1.54, 1.807) is 0 Å². The molecule has 1 saturated carbocycles. The normalized spacial score (nSPS) is 28.6. The summed E-state index contributed by atoms with van der Waals surface area (Å²) >= 11 is 0. The van der Waals surface area contributed by atoms with Gasteiger partial charge in [0.2, 0.25) is 0 Å². The van der Waals surface area contributed by atoms with Gasteiger partial charge in [-0.15, -0.1) is 0 Å². The topological polar surface area (TPSA) is 26.0 Å². The molecule has 0 aromatic rings. The van der Waals surface area contributed by atoms with Crippen molar-refractivity contribution in [2.24, 2.45) is 28.9 Å². The summed E-state index contributed by atoms with van der Waals surface area (Å²) in [5.41, 5.74) is 6.49. The van der Waals surface area contributed by atoms with Crippen LogP contribution >= 0.6 is 0 Å². The molecule has 19 heavy (non-hydrogen) atoms. The van der Waals surface area contributed by atoms with E-state index in [9.17, 15) is 0 Å². The Morgan fingerprint density at radius 3 is 2.21 bits per heavy atom. The van der Waals surface area contributed by atoms with Gasteiger partial charge in [0.25, 0.3) is 0 Å². The van der Waals surface area contributed by atoms with Crippen molar-refractivity contribution < 1.29 is 0 Å². The Balaban J connectivity index is 2.37. The maximum absolute atomic E-state index is 6.00. The molecule has 0 aromatic carbocycles. The van der Waals surface area contributed by atoms with E-state index in [0.717, 1.165) is 24.3 Å². The van der Waals surface area contributed by atoms with Crippen LogP contribution in [0.4, 0.5) is 0 Å². The van der Waals surface area contributed by atoms with E-state index in [0.29, 0.717) is 5.41 Å². The first-order valence-corrected chi connectivity index (χ1v) is 8.69. The quantitative estimate of drug-likeness (QED) is 0.615. The number of unbranched alkanes of at least 4 members (excludes halogenated alkanes) is 4. The van der Waals surface area contributed by atoms with Gasteiger partial charge in [-0.25, -0.2) is 0 Å². The molecule has 2 N–H and O–H groups in total. The molecule has 3 unspecified atom stereocenters. The third-order valence-electron chi connectivity index (χ3n) is 5.35. The Bertz CT molecular complexity index is 228. The van der Waals surface area contributed by atoms with E-state index in [-0.39, 0.29) is 0 Å². The molecule has 1 nitrogen and oxygen atoms in total. The van der Waals surface area contributed by atoms with Crippen molar-refractivity contribution in [1.29, 1.82) is 0 Å². The minimum atomic E-state index is 0.486. The van der Waals surface area contributed by atoms with Crippen LogP contribution in [-0.2, 0) is 0 Å². The van der Waals surface area contributed by atoms with Gasteiger partial charge in [-0.2, -0.15) is 0 Å². The molecular formula is C18H37N. The molecular weight excluding hydrogens is 230 g/mol. The summed E-state index contributed by atoms with van der Waals surface area (Å²) in [4.78, 5) is 0. The van der Waals surface area contributed by atoms with Gasteiger partial charge in [0.1, 0.15) is 0 Å². The molecule has 0 aromatic heterocycles. The standard InChI is InChI=1S/C18H37N/c1-5-6-7-8-9-10-15-13-17(18(2,3)4)12-11-16(15)14-19/h15-17H,5-14,19H2,1-4H3. The van der Waals surface area contributed by atoms with E-state index >= 15 is 0 Å². The molecule has 1 heteroatoms. The molecule has 0 bridgehead atoms. The van der Waals surface area contributed by atoms with Crippen LogP contribution in [0.25, 0.3) is 0 Å². The maximum atomic E-state index is 6.00. The Hall–Kier alpha value is -0.0400. The van der Waals surface area contributed by atoms with Gasteiger partial charge in [-0.3, -0.25) is 0 Å². The van der Waals surface area contributed by atoms with Gasteiger partial charge in [0, 0.05) is 0 Å². The Kier molecular flexibility index (Phi) is 7.42. The molecule has 1 rings (SSSR count). The molecule has 1 fully saturated rings. The summed E-state index contributed by atoms with van der Waals surface area (Å²) in [6, 6.07) is 0. The molecule has 0 radical (unpaired) electrons. The lowest BCUT2D eigenvalue weighted by Gasteiger charge is -2.41. The molecule has 3 atom stereocenters. The van der Waals surface area contributed by atoms with Crippen LogP contribution in [-0.4, -0.2) is 6.54 Å². The fourth-order valence-electron chi connectivity index (χ4n) is 3.79. The summed E-state index contributed by atoms with van der Waals surface area (Å²) in [6.07, 6.45) is 12.7. The van der Waals surface area contributed by atoms with Gasteiger partial charge >= 0.3 is 0 Å². The number of rotatable bonds is 7. The third-order valence-corrected chi connectivity index (χ3v) is 5.35. The van der Waals surface area contributed by atoms with Crippen molar-refractivity contribution in [3.8, 4) is 0 Å². The summed E-state index contributed by atoms with van der Waals surface area (Å²) in [7, 11) is 0. The molecule has 0 amide bonds. The zero-order valence-corrected chi connectivity index (χ0v) is 13.9. The second-order valence-corrected chi connectivity index (χ2v) is 7.83. The Morgan fingerprint density at radius 2 is 1.63 bits per heavy atom. The van der Waals surface area contributed by atoms with Gasteiger partial charge in [-0.1, -0.05) is 66.2 Å². The SMILES string of the molecule is CCCCCCCC1CC(C(C)(C)C)CCC1CN. The predicted octanol–water partition coefficient (Wildman–Crippen LogP) is 5.38. The number of hydrogen-bond donors (Lipinski definition) is 1. The summed E-state index contributed by atoms with van der Waals surface area (Å²) < 4.78 is 0. The minimum Gasteiger partial charge on any atom is -0.330 e. The lowest BCUT2D eigenvalue weighted by molar-refractivity contribution is 0.0949. The van der Waals surface area contributed by atoms with Crippen LogP contribution in [0.5, 0.6) is 0 Å². The highest BCUT2D eigenvalue weighted by molar-refractivity contribution is 4.86. The van der Waals surface area contributed by atoms with Crippen LogP contribution in [0.1, 0.15) is 85.5 Å². The van der Waals surface area contributed by atoms with Crippen LogP contribution in [0.15, 0.2) is 0 Å². The van der Waals surface area contributed by atoms with Gasteiger partial charge in [0.05, 0.1) is 0 Å². The van der Waals surface area contributed by atoms with Crippen molar-refractivity contribution >= 4 is 0 Å². The largest absolute Gasteiger partial charge is 0.330 e. The first kappa shape index (κ1) is 17.0. The molecule has 1 aliphatic rings. The van der Waals surface area contributed by atoms with Crippen LogP contribution < -0.4 is 5.73 Å². The molecule has 0 heterocycles. The Morgan fingerprint density at radius 1 is 0.947 bits per heavy atom. The van der Waals surface area contributed by atoms with Crippen molar-refractivity contribution in [2.45, 2.75) is 85.5 Å². The molecule has 0 aliphatic heterocycles. The van der Waals surface area contributed by atoms with Gasteiger partial charge in [-0.05, 0) is 49.0 Å². The van der Waals surface area contributed by atoms with E-state index in [1.165, 1.54) is 57.8 Å². The van der Waals surface area contributed by atoms with Crippen molar-refractivity contribution in [3.05, 3.63) is 0 Å². The van der Waals surface area contributed by atoms with Crippen LogP contribution in [0.2, 0.25) is 0 Å². The van der Waals surface area contributed by atoms with Crippen molar-refractivity contribution in [3.63, 3.8) is 0 Å². The van der Waals surface area contributed by atoms with Gasteiger partial charge in [0.15, 0.2) is 0 Å². The minimum absolute atomic E-state index is 0.486. The summed E-state index contributed by atoms with van der Waals surface area (Å²) in [6.45, 7) is 10.5. The average Bonchev–Trinajstić information content (AvgIpc) is 2.37. The highest BCUT2D eigenvalue weighted by Crippen LogP contribution is 2.44. The lowest BCUT2D eigenvalue weighted by Crippen LogP contribution is -2.35. The molecule has 114 valence electrons. The highest BCUT2D eigenvalue weighted by Gasteiger charge is 2.34. The summed E-state index contributed by atoms with van der Waals surface area (Å²) in [5.74, 6) is 2.63. The summed E-state index contributed by atoms with van der Waals surface area (Å²) in [5, 5.41) is 0. The monoisotopic (exact) mass is 267 g/mol. The maximum Gasteiger partial charge on any atom is -0.00462 e. The van der Waals surface area contributed by atoms with Crippen LogP contribution in [0, 0.1) is 23.2 Å². The fourth-order valence-corrected chi connectivity index (χ4v) is 3.79. The molecule has 0 saturated heterocycles. The first-order valence-electron chi connectivity index (χ1n) is 8.69. The average molecular weight is 268 g/mol. The Labute approximate surface area is 121 Å². The zero-order chi connectivity index (χ0) is 14.3. The van der Waals surface area contributed by atoms with E-state index < -0.39 is 0 Å². The first-order chi connectivity index (χ1) is 8.99. The van der Waals surface area contributed by atoms with Crippen molar-refractivity contribution in [1.82, 2.24) is 0 Å². The van der Waals surface area contributed by atoms with E-state index in [4.69, 9.17) is 5.73 Å². The zero-order valence-electron chi connectivity index (χ0n) is 13.9. The van der Waals surface area contributed by atoms with Crippen LogP contribution in [0.3, 0.4) is 0 Å². The predicted molar refractivity (Wildman–Crippen MR) is 86.2 cm³/mol. The van der Waals surface area contributed by atoms with E-state index in [1.807, 2.05) is 0 Å². The number of nitrogens with two attached hydrogens (primary N) is 1. The van der Waals surface area contributed by atoms with E-state index in [2.05, 4.69) is 27.7 Å².